The van der Waals surface area contributed by atoms with Crippen LogP contribution in [-0.4, -0.2) is 82.3 Å². The number of ether oxygens (including phenoxy) is 4. The zero-order chi connectivity index (χ0) is 48.4. The molecule has 0 rings (SSSR count). The third-order valence-corrected chi connectivity index (χ3v) is 11.2. The maximum atomic E-state index is 12.7. The lowest BCUT2D eigenvalue weighted by Crippen LogP contribution is -2.44. The van der Waals surface area contributed by atoms with Gasteiger partial charge < -0.3 is 33.3 Å². The predicted octanol–water partition coefficient (Wildman–Crippen LogP) is 13.7. The molecule has 0 radical (unpaired) electrons. The molecule has 0 fully saturated rings. The van der Waals surface area contributed by atoms with Gasteiger partial charge in [-0.25, -0.2) is 0 Å². The molecule has 0 aromatic heterocycles. The van der Waals surface area contributed by atoms with Crippen molar-refractivity contribution in [2.75, 3.05) is 47.5 Å². The molecule has 0 bridgehead atoms. The van der Waals surface area contributed by atoms with E-state index in [-0.39, 0.29) is 38.6 Å². The van der Waals surface area contributed by atoms with E-state index in [0.717, 1.165) is 77.0 Å². The Balaban J connectivity index is 3.96. The third-order valence-electron chi connectivity index (χ3n) is 11.2. The number of aliphatic carboxylic acids is 1. The second-order valence-corrected chi connectivity index (χ2v) is 18.8. The molecule has 0 amide bonds. The summed E-state index contributed by atoms with van der Waals surface area (Å²) in [7, 11) is 5.90. The molecular formula is C57H99NO8. The van der Waals surface area contributed by atoms with E-state index >= 15 is 0 Å². The number of rotatable bonds is 48. The monoisotopic (exact) mass is 926 g/mol. The Morgan fingerprint density at radius 3 is 1.29 bits per heavy atom. The van der Waals surface area contributed by atoms with Crippen LogP contribution in [0.4, 0.5) is 0 Å². The Bertz CT molecular complexity index is 1310. The molecule has 2 atom stereocenters. The van der Waals surface area contributed by atoms with Crippen molar-refractivity contribution in [3.8, 4) is 0 Å². The fourth-order valence-corrected chi connectivity index (χ4v) is 7.13. The number of hydrogen-bond acceptors (Lipinski definition) is 8. The molecule has 0 aromatic carbocycles. The normalized spacial score (nSPS) is 13.4. The minimum absolute atomic E-state index is 0.147. The largest absolute Gasteiger partial charge is 0.545 e. The Hall–Kier alpha value is -3.27. The molecule has 0 aliphatic heterocycles. The average molecular weight is 926 g/mol. The predicted molar refractivity (Wildman–Crippen MR) is 274 cm³/mol. The summed E-state index contributed by atoms with van der Waals surface area (Å²) < 4.78 is 22.5. The smallest absolute Gasteiger partial charge is 0.306 e. The maximum absolute atomic E-state index is 12.7. The number of likely N-dealkylation sites (N-methyl/N-ethyl adjacent to an activating group) is 1. The SMILES string of the molecule is CC/C=C\C/C=C\C/C=C\C/C=C\C/C=C\C/C=C\CCCCCCCCCCCCCCCCCCC(=O)OC(COC(=O)CCCCCCCC)COC(OCC[N+](C)(C)C)C(=O)[O-]. The molecule has 0 aromatic rings. The summed E-state index contributed by atoms with van der Waals surface area (Å²) in [6.07, 6.45) is 58.6. The first kappa shape index (κ1) is 62.7. The molecular weight excluding hydrogens is 827 g/mol. The molecule has 2 unspecified atom stereocenters. The molecule has 0 heterocycles. The number of nitrogens with zero attached hydrogens (tertiary/aromatic N) is 1. The van der Waals surface area contributed by atoms with E-state index in [2.05, 4.69) is 86.8 Å². The number of esters is 2. The van der Waals surface area contributed by atoms with E-state index in [1.54, 1.807) is 0 Å². The fourth-order valence-electron chi connectivity index (χ4n) is 7.13. The maximum Gasteiger partial charge on any atom is 0.306 e. The zero-order valence-corrected chi connectivity index (χ0v) is 43.0. The highest BCUT2D eigenvalue weighted by molar-refractivity contribution is 5.70. The molecule has 0 N–H and O–H groups in total. The van der Waals surface area contributed by atoms with Gasteiger partial charge in [-0.15, -0.1) is 0 Å². The van der Waals surface area contributed by atoms with E-state index in [0.29, 0.717) is 17.4 Å². The Kier molecular flexibility index (Phi) is 45.8. The Morgan fingerprint density at radius 1 is 0.470 bits per heavy atom. The van der Waals surface area contributed by atoms with Gasteiger partial charge in [0.1, 0.15) is 13.2 Å². The minimum Gasteiger partial charge on any atom is -0.545 e. The van der Waals surface area contributed by atoms with Crippen molar-refractivity contribution in [3.05, 3.63) is 72.9 Å². The van der Waals surface area contributed by atoms with Crippen LogP contribution in [0.2, 0.25) is 0 Å². The molecule has 0 spiro atoms. The first-order valence-electron chi connectivity index (χ1n) is 26.6. The van der Waals surface area contributed by atoms with Crippen molar-refractivity contribution < 1.29 is 42.9 Å². The van der Waals surface area contributed by atoms with Gasteiger partial charge in [0, 0.05) is 12.8 Å². The van der Waals surface area contributed by atoms with E-state index in [1.807, 2.05) is 21.1 Å². The number of quaternary nitrogens is 1. The molecule has 380 valence electrons. The molecule has 9 heteroatoms. The van der Waals surface area contributed by atoms with E-state index in [4.69, 9.17) is 18.9 Å². The first-order valence-corrected chi connectivity index (χ1v) is 26.6. The fraction of sp³-hybridized carbons (Fsp3) is 0.737. The zero-order valence-electron chi connectivity index (χ0n) is 43.0. The van der Waals surface area contributed by atoms with Crippen LogP contribution in [0.15, 0.2) is 72.9 Å². The highest BCUT2D eigenvalue weighted by Crippen LogP contribution is 2.16. The van der Waals surface area contributed by atoms with Gasteiger partial charge in [-0.05, 0) is 64.2 Å². The van der Waals surface area contributed by atoms with Crippen LogP contribution in [0.25, 0.3) is 0 Å². The van der Waals surface area contributed by atoms with Crippen molar-refractivity contribution in [2.24, 2.45) is 0 Å². The summed E-state index contributed by atoms with van der Waals surface area (Å²) in [5, 5.41) is 11.7. The third kappa shape index (κ3) is 48.7. The number of carboxylic acid groups (broad SMARTS) is 1. The van der Waals surface area contributed by atoms with Crippen molar-refractivity contribution in [3.63, 3.8) is 0 Å². The van der Waals surface area contributed by atoms with Gasteiger partial charge in [-0.1, -0.05) is 209 Å². The summed E-state index contributed by atoms with van der Waals surface area (Å²) in [4.78, 5) is 36.8. The van der Waals surface area contributed by atoms with Gasteiger partial charge in [0.25, 0.3) is 0 Å². The number of unbranched alkanes of at least 4 members (excludes halogenated alkanes) is 21. The van der Waals surface area contributed by atoms with Crippen LogP contribution in [0.3, 0.4) is 0 Å². The molecule has 66 heavy (non-hydrogen) atoms. The van der Waals surface area contributed by atoms with Crippen LogP contribution in [-0.2, 0) is 33.3 Å². The summed E-state index contributed by atoms with van der Waals surface area (Å²) in [5.74, 6) is -2.29. The highest BCUT2D eigenvalue weighted by Gasteiger charge is 2.22. The van der Waals surface area contributed by atoms with Crippen molar-refractivity contribution in [1.82, 2.24) is 0 Å². The van der Waals surface area contributed by atoms with E-state index in [9.17, 15) is 19.5 Å². The van der Waals surface area contributed by atoms with Gasteiger partial charge in [-0.3, -0.25) is 9.59 Å². The minimum atomic E-state index is -1.62. The van der Waals surface area contributed by atoms with Crippen LogP contribution in [0, 0.1) is 0 Å². The number of carboxylic acids is 1. The number of allylic oxidation sites excluding steroid dienone is 12. The molecule has 0 saturated carbocycles. The Morgan fingerprint density at radius 2 is 0.864 bits per heavy atom. The van der Waals surface area contributed by atoms with Crippen LogP contribution in [0.5, 0.6) is 0 Å². The summed E-state index contributed by atoms with van der Waals surface area (Å²) in [5.41, 5.74) is 0. The lowest BCUT2D eigenvalue weighted by Gasteiger charge is -2.26. The van der Waals surface area contributed by atoms with Gasteiger partial charge in [0.2, 0.25) is 0 Å². The van der Waals surface area contributed by atoms with Gasteiger partial charge >= 0.3 is 11.9 Å². The Labute approximate surface area is 405 Å². The second kappa shape index (κ2) is 48.2. The van der Waals surface area contributed by atoms with Crippen LogP contribution < -0.4 is 5.11 Å². The van der Waals surface area contributed by atoms with Crippen molar-refractivity contribution in [2.45, 2.75) is 225 Å². The number of carbonyl (C=O) groups excluding carboxylic acids is 3. The molecule has 0 aliphatic rings. The van der Waals surface area contributed by atoms with E-state index < -0.39 is 24.3 Å². The summed E-state index contributed by atoms with van der Waals surface area (Å²) in [6, 6.07) is 0. The molecule has 9 nitrogen and oxygen atoms in total. The molecule has 0 aliphatic carbocycles. The van der Waals surface area contributed by atoms with Gasteiger partial charge in [0.05, 0.1) is 40.3 Å². The summed E-state index contributed by atoms with van der Waals surface area (Å²) in [6.45, 7) is 4.56. The lowest BCUT2D eigenvalue weighted by molar-refractivity contribution is -0.870. The lowest BCUT2D eigenvalue weighted by atomic mass is 10.0. The quantitative estimate of drug-likeness (QED) is 0.0195. The van der Waals surface area contributed by atoms with Crippen molar-refractivity contribution in [1.29, 1.82) is 0 Å². The standard InChI is InChI=1S/C57H99NO8/c1-6-8-10-12-14-15-16-17-18-19-20-21-22-23-24-25-26-27-28-29-30-31-32-33-34-35-36-37-38-39-40-41-42-44-46-48-55(60)66-53(51-64-54(59)47-45-43-13-11-9-7-2)52-65-57(56(61)62)63-50-49-58(3,4)5/h8,10,14-15,17-18,20-21,23-24,26-27,53,57H,6-7,9,11-13,16,19,22,25,28-52H2,1-5H3/b10-8-,15-14-,18-17-,21-20-,24-23-,27-26-. The molecule has 0 saturated heterocycles. The van der Waals surface area contributed by atoms with E-state index in [1.165, 1.54) is 103 Å². The number of carbonyl (C=O) groups is 3. The van der Waals surface area contributed by atoms with Gasteiger partial charge in [-0.2, -0.15) is 0 Å². The van der Waals surface area contributed by atoms with Crippen LogP contribution >= 0.6 is 0 Å². The summed E-state index contributed by atoms with van der Waals surface area (Å²) >= 11 is 0. The van der Waals surface area contributed by atoms with Crippen LogP contribution in [0.1, 0.15) is 213 Å². The first-order chi connectivity index (χ1) is 32.1. The van der Waals surface area contributed by atoms with Gasteiger partial charge in [0.15, 0.2) is 12.4 Å². The highest BCUT2D eigenvalue weighted by atomic mass is 16.7. The average Bonchev–Trinajstić information content (AvgIpc) is 3.28. The topological polar surface area (TPSA) is 111 Å². The van der Waals surface area contributed by atoms with Crippen molar-refractivity contribution >= 4 is 17.9 Å². The number of hydrogen-bond donors (Lipinski definition) is 0. The second-order valence-electron chi connectivity index (χ2n) is 18.8.